The Balaban J connectivity index is 1.73. The molecule has 1 fully saturated rings. The Morgan fingerprint density at radius 1 is 1.14 bits per heavy atom. The van der Waals surface area contributed by atoms with Gasteiger partial charge in [0.2, 0.25) is 5.91 Å². The van der Waals surface area contributed by atoms with Gasteiger partial charge in [-0.15, -0.1) is 0 Å². The van der Waals surface area contributed by atoms with Gasteiger partial charge in [-0.3, -0.25) is 9.69 Å². The minimum absolute atomic E-state index is 0.0364. The van der Waals surface area contributed by atoms with Crippen molar-refractivity contribution in [3.05, 3.63) is 87.9 Å². The lowest BCUT2D eigenvalue weighted by molar-refractivity contribution is -0.130. The highest BCUT2D eigenvalue weighted by Gasteiger charge is 2.38. The average Bonchev–Trinajstić information content (AvgIpc) is 2.94. The van der Waals surface area contributed by atoms with Gasteiger partial charge in [-0.25, -0.2) is 24.3 Å². The van der Waals surface area contributed by atoms with E-state index in [-0.39, 0.29) is 34.5 Å². The number of aryl methyl sites for hydroxylation is 1. The van der Waals surface area contributed by atoms with Crippen molar-refractivity contribution < 1.29 is 9.18 Å². The molecule has 2 aromatic heterocycles. The number of amidine groups is 1. The minimum atomic E-state index is -0.432. The molecule has 11 heteroatoms. The quantitative estimate of drug-likeness (QED) is 0.223. The fraction of sp³-hybridized carbons (Fsp3) is 0.323. The molecule has 2 unspecified atom stereocenters. The van der Waals surface area contributed by atoms with E-state index >= 15 is 4.39 Å². The number of pyridine rings is 1. The van der Waals surface area contributed by atoms with Crippen LogP contribution in [0.3, 0.4) is 0 Å². The number of carbonyl (C=O) groups excluding carboxylic acids is 1. The van der Waals surface area contributed by atoms with Crippen LogP contribution in [0.2, 0.25) is 5.02 Å². The van der Waals surface area contributed by atoms with Crippen molar-refractivity contribution in [2.75, 3.05) is 18.0 Å². The van der Waals surface area contributed by atoms with Crippen molar-refractivity contribution in [2.24, 2.45) is 4.99 Å². The predicted molar refractivity (Wildman–Crippen MR) is 169 cm³/mol. The summed E-state index contributed by atoms with van der Waals surface area (Å²) in [6.45, 7) is 19.0. The van der Waals surface area contributed by atoms with E-state index in [0.717, 1.165) is 5.69 Å². The minimum Gasteiger partial charge on any atom is -0.349 e. The first-order chi connectivity index (χ1) is 19.9. The van der Waals surface area contributed by atoms with Gasteiger partial charge in [-0.1, -0.05) is 50.7 Å². The molecule has 2 atom stereocenters. The molecule has 1 aromatic carbocycles. The van der Waals surface area contributed by atoms with E-state index in [0.29, 0.717) is 57.9 Å². The zero-order valence-corrected chi connectivity index (χ0v) is 26.5. The number of halogens is 3. The second-order valence-corrected chi connectivity index (χ2v) is 12.0. The van der Waals surface area contributed by atoms with Crippen LogP contribution in [0, 0.1) is 12.7 Å². The first kappa shape index (κ1) is 29.8. The fourth-order valence-electron chi connectivity index (χ4n) is 5.54. The van der Waals surface area contributed by atoms with Gasteiger partial charge in [0.1, 0.15) is 17.5 Å². The number of hydrogen-bond donors (Lipinski definition) is 0. The third kappa shape index (κ3) is 5.22. The van der Waals surface area contributed by atoms with Gasteiger partial charge in [0.15, 0.2) is 10.6 Å². The predicted octanol–water partition coefficient (Wildman–Crippen LogP) is 7.00. The van der Waals surface area contributed by atoms with E-state index in [1.807, 2.05) is 44.4 Å². The van der Waals surface area contributed by atoms with Gasteiger partial charge < -0.3 is 9.80 Å². The van der Waals surface area contributed by atoms with Gasteiger partial charge >= 0.3 is 0 Å². The Kier molecular flexibility index (Phi) is 8.22. The van der Waals surface area contributed by atoms with Gasteiger partial charge in [-0.05, 0) is 66.9 Å². The Morgan fingerprint density at radius 2 is 1.86 bits per heavy atom. The summed E-state index contributed by atoms with van der Waals surface area (Å²) < 4.78 is 15.5. The third-order valence-corrected chi connectivity index (χ3v) is 8.22. The van der Waals surface area contributed by atoms with Crippen molar-refractivity contribution in [1.29, 1.82) is 0 Å². The van der Waals surface area contributed by atoms with Crippen molar-refractivity contribution in [3.63, 3.8) is 0 Å². The zero-order chi connectivity index (χ0) is 30.5. The molecule has 218 valence electrons. The van der Waals surface area contributed by atoms with Crippen LogP contribution in [0.5, 0.6) is 0 Å². The van der Waals surface area contributed by atoms with E-state index in [1.54, 1.807) is 24.3 Å². The van der Waals surface area contributed by atoms with Gasteiger partial charge in [-0.2, -0.15) is 0 Å². The van der Waals surface area contributed by atoms with E-state index in [2.05, 4.69) is 39.0 Å². The van der Waals surface area contributed by atoms with Crippen LogP contribution in [0.15, 0.2) is 65.1 Å². The topological polar surface area (TPSA) is 77.8 Å². The lowest BCUT2D eigenvalue weighted by Gasteiger charge is -2.46. The number of hydrogen-bond acceptors (Lipinski definition) is 7. The van der Waals surface area contributed by atoms with Crippen LogP contribution < -0.4 is 4.90 Å². The summed E-state index contributed by atoms with van der Waals surface area (Å²) in [6.07, 6.45) is 1.34. The van der Waals surface area contributed by atoms with Gasteiger partial charge in [0.05, 0.1) is 33.4 Å². The molecule has 0 spiro atoms. The molecule has 5 rings (SSSR count). The van der Waals surface area contributed by atoms with Gasteiger partial charge in [0, 0.05) is 30.7 Å². The van der Waals surface area contributed by atoms with Crippen molar-refractivity contribution >= 4 is 50.8 Å². The molecule has 2 aliphatic rings. The monoisotopic (exact) mass is 651 g/mol. The Labute approximate surface area is 258 Å². The van der Waals surface area contributed by atoms with E-state index in [1.165, 1.54) is 12.1 Å². The molecule has 2 aliphatic heterocycles. The summed E-state index contributed by atoms with van der Waals surface area (Å²) in [7, 11) is 0. The van der Waals surface area contributed by atoms with Crippen LogP contribution in [-0.4, -0.2) is 61.7 Å². The maximum Gasteiger partial charge on any atom is 0.246 e. The summed E-state index contributed by atoms with van der Waals surface area (Å²) >= 11 is 10.3. The van der Waals surface area contributed by atoms with E-state index < -0.39 is 5.82 Å². The number of anilines is 2. The van der Waals surface area contributed by atoms with Crippen LogP contribution >= 0.6 is 27.5 Å². The maximum atomic E-state index is 15.0. The Bertz CT molecular complexity index is 1640. The smallest absolute Gasteiger partial charge is 0.246 e. The molecule has 0 aliphatic carbocycles. The third-order valence-electron chi connectivity index (χ3n) is 7.57. The number of fused-ring (bicyclic) bond motifs is 1. The van der Waals surface area contributed by atoms with Crippen LogP contribution in [0.4, 0.5) is 15.9 Å². The summed E-state index contributed by atoms with van der Waals surface area (Å²) in [4.78, 5) is 37.6. The number of piperazine rings is 1. The Hall–Kier alpha value is -3.63. The first-order valence-corrected chi connectivity index (χ1v) is 14.9. The summed E-state index contributed by atoms with van der Waals surface area (Å²) in [6, 6.07) is 8.02. The number of carbonyl (C=O) groups is 1. The summed E-state index contributed by atoms with van der Waals surface area (Å²) in [5.74, 6) is 1.03. The normalized spacial score (nSPS) is 18.7. The summed E-state index contributed by atoms with van der Waals surface area (Å²) in [5, 5.41) is 0.285. The standard InChI is InChI=1S/C31H32BrClFN7O/c1-8-25(42)39-14-18(5)40(15-17(39)4)29-22-13-23(33)27(21-11-9-10-12-24(21)34)37-30(22)41(20(7)36-29)28-19(6)35-31(32)38-26(28)16(2)3/h8-13,16-18H,1,7,14-15H2,2-6H3. The molecule has 0 saturated carbocycles. The van der Waals surface area contributed by atoms with Gasteiger partial charge in [0.25, 0.3) is 0 Å². The molecule has 0 bridgehead atoms. The first-order valence-electron chi connectivity index (χ1n) is 13.7. The SMILES string of the molecule is C=CC(=O)N1CC(C)N(C2=NC(=C)N(c3c(C)nc(Br)nc3C(C)C)c3nc(-c4ccccc4F)c(Cl)cc32)CC1C. The van der Waals surface area contributed by atoms with E-state index in [4.69, 9.17) is 26.6 Å². The fourth-order valence-corrected chi connectivity index (χ4v) is 6.25. The number of amides is 1. The molecule has 4 heterocycles. The molecule has 42 heavy (non-hydrogen) atoms. The second-order valence-electron chi connectivity index (χ2n) is 10.9. The number of rotatable bonds is 4. The average molecular weight is 653 g/mol. The Morgan fingerprint density at radius 3 is 2.52 bits per heavy atom. The highest BCUT2D eigenvalue weighted by Crippen LogP contribution is 2.44. The number of nitrogens with zero attached hydrogens (tertiary/aromatic N) is 7. The molecular formula is C31H32BrClFN7O. The second kappa shape index (κ2) is 11.6. The molecule has 8 nitrogen and oxygen atoms in total. The summed E-state index contributed by atoms with van der Waals surface area (Å²) in [5.41, 5.74) is 3.44. The molecular weight excluding hydrogens is 621 g/mol. The van der Waals surface area contributed by atoms with Crippen LogP contribution in [0.25, 0.3) is 11.3 Å². The molecule has 0 N–H and O–H groups in total. The van der Waals surface area contributed by atoms with Crippen molar-refractivity contribution in [1.82, 2.24) is 24.8 Å². The lowest BCUT2D eigenvalue weighted by Crippen LogP contribution is -2.59. The lowest BCUT2D eigenvalue weighted by atomic mass is 10.0. The highest BCUT2D eigenvalue weighted by atomic mass is 79.9. The molecule has 1 saturated heterocycles. The number of aliphatic imine (C=N–C) groups is 1. The van der Waals surface area contributed by atoms with E-state index in [9.17, 15) is 4.79 Å². The zero-order valence-electron chi connectivity index (χ0n) is 24.2. The molecule has 0 radical (unpaired) electrons. The number of aromatic nitrogens is 3. The van der Waals surface area contributed by atoms with Crippen molar-refractivity contribution in [2.45, 2.75) is 52.6 Å². The highest BCUT2D eigenvalue weighted by molar-refractivity contribution is 9.10. The van der Waals surface area contributed by atoms with Crippen LogP contribution in [0.1, 0.15) is 50.6 Å². The maximum absolute atomic E-state index is 15.0. The van der Waals surface area contributed by atoms with Crippen molar-refractivity contribution in [3.8, 4) is 11.3 Å². The largest absolute Gasteiger partial charge is 0.349 e. The number of benzene rings is 1. The molecule has 1 amide bonds. The molecule has 3 aromatic rings. The van der Waals surface area contributed by atoms with Crippen LogP contribution in [-0.2, 0) is 4.79 Å².